The number of ether oxygens (including phenoxy) is 1. The third-order valence-electron chi connectivity index (χ3n) is 5.63. The monoisotopic (exact) mass is 556 g/mol. The number of nitrogens with two attached hydrogens (primary N) is 2. The number of hydrogen-bond donors (Lipinski definition) is 2. The van der Waals surface area contributed by atoms with Crippen LogP contribution < -0.4 is 11.5 Å². The molecule has 0 aliphatic heterocycles. The Morgan fingerprint density at radius 1 is 1.24 bits per heavy atom. The van der Waals surface area contributed by atoms with Crippen molar-refractivity contribution in [3.63, 3.8) is 0 Å². The molecule has 1 amide bonds. The lowest BCUT2D eigenvalue weighted by atomic mass is 10.1. The van der Waals surface area contributed by atoms with E-state index in [4.69, 9.17) is 23.1 Å². The number of aromatic nitrogens is 2. The second-order valence-electron chi connectivity index (χ2n) is 8.08. The lowest BCUT2D eigenvalue weighted by molar-refractivity contribution is -0.266. The van der Waals surface area contributed by atoms with Crippen molar-refractivity contribution in [3.8, 4) is 11.1 Å². The fourth-order valence-electron chi connectivity index (χ4n) is 3.23. The van der Waals surface area contributed by atoms with Gasteiger partial charge >= 0.3 is 18.7 Å². The minimum atomic E-state index is -6.20. The molecular weight excluding hydrogens is 537 g/mol. The lowest BCUT2D eigenvalue weighted by Crippen LogP contribution is -2.45. The number of carbonyl (C=O) groups excluding carboxylic acids is 1. The first-order valence-electron chi connectivity index (χ1n) is 10.3. The van der Waals surface area contributed by atoms with Crippen molar-refractivity contribution in [1.82, 2.24) is 14.7 Å². The molecule has 0 radical (unpaired) electrons. The number of aliphatic imine (C=N–C) groups is 1. The molecule has 0 saturated heterocycles. The van der Waals surface area contributed by atoms with Gasteiger partial charge in [-0.25, -0.2) is 4.68 Å². The molecule has 1 aromatic heterocycles. The van der Waals surface area contributed by atoms with Gasteiger partial charge < -0.3 is 21.1 Å². The summed E-state index contributed by atoms with van der Waals surface area (Å²) in [7, 11) is 2.43. The summed E-state index contributed by atoms with van der Waals surface area (Å²) < 4.78 is 96.6. The zero-order chi connectivity index (χ0) is 27.9. The summed E-state index contributed by atoms with van der Waals surface area (Å²) in [5.74, 6) is -8.88. The Bertz CT molecular complexity index is 1250. The standard InChI is InChI=1S/C21H20ClF7N6O2/c1-32-16(14(37-18(23)24)15(30)20(25,26)21(27,28)29)35-9-11(8-33-35)10-3-4-13(22)12(7-10)17(36)34(2)19(31)5-6-19/h3-4,7-9,18H,5-6,30-31H2,1-2H3. The van der Waals surface area contributed by atoms with E-state index in [1.165, 1.54) is 30.1 Å². The quantitative estimate of drug-likeness (QED) is 0.174. The smallest absolute Gasteiger partial charge is 0.429 e. The van der Waals surface area contributed by atoms with Crippen molar-refractivity contribution in [2.45, 2.75) is 37.2 Å². The van der Waals surface area contributed by atoms with Crippen LogP contribution in [0.2, 0.25) is 5.02 Å². The van der Waals surface area contributed by atoms with E-state index in [1.54, 1.807) is 0 Å². The summed E-state index contributed by atoms with van der Waals surface area (Å²) in [6.45, 7) is -3.82. The predicted molar refractivity (Wildman–Crippen MR) is 119 cm³/mol. The normalized spacial score (nSPS) is 16.5. The van der Waals surface area contributed by atoms with Gasteiger partial charge in [0.25, 0.3) is 5.91 Å². The van der Waals surface area contributed by atoms with Gasteiger partial charge in [0.15, 0.2) is 11.6 Å². The van der Waals surface area contributed by atoms with Crippen molar-refractivity contribution < 1.29 is 40.3 Å². The molecule has 1 aromatic carbocycles. The number of rotatable bonds is 7. The third kappa shape index (κ3) is 5.51. The van der Waals surface area contributed by atoms with Crippen LogP contribution in [0.3, 0.4) is 0 Å². The Kier molecular flexibility index (Phi) is 7.52. The maximum atomic E-state index is 13.8. The number of amides is 1. The van der Waals surface area contributed by atoms with E-state index in [0.717, 1.165) is 19.4 Å². The summed E-state index contributed by atoms with van der Waals surface area (Å²) >= 11 is 6.18. The van der Waals surface area contributed by atoms with E-state index >= 15 is 0 Å². The van der Waals surface area contributed by atoms with E-state index in [9.17, 15) is 35.5 Å². The molecule has 1 fully saturated rings. The maximum absolute atomic E-state index is 13.8. The molecule has 8 nitrogen and oxygen atoms in total. The second-order valence-corrected chi connectivity index (χ2v) is 8.48. The van der Waals surface area contributed by atoms with Gasteiger partial charge in [-0.1, -0.05) is 17.7 Å². The van der Waals surface area contributed by atoms with Crippen molar-refractivity contribution in [2.24, 2.45) is 16.5 Å². The average molecular weight is 557 g/mol. The van der Waals surface area contributed by atoms with Crippen molar-refractivity contribution in [2.75, 3.05) is 14.1 Å². The topological polar surface area (TPSA) is 112 Å². The first kappa shape index (κ1) is 28.2. The summed E-state index contributed by atoms with van der Waals surface area (Å²) in [5, 5.41) is 3.90. The fourth-order valence-corrected chi connectivity index (χ4v) is 3.43. The Hall–Kier alpha value is -3.33. The van der Waals surface area contributed by atoms with Crippen LogP contribution in [0.15, 0.2) is 47.0 Å². The average Bonchev–Trinajstić information content (AvgIpc) is 3.38. The fraction of sp³-hybridized carbons (Fsp3) is 0.381. The maximum Gasteiger partial charge on any atom is 0.459 e. The van der Waals surface area contributed by atoms with E-state index in [2.05, 4.69) is 14.8 Å². The van der Waals surface area contributed by atoms with E-state index in [1.807, 2.05) is 0 Å². The summed E-state index contributed by atoms with van der Waals surface area (Å²) in [6, 6.07) is 4.25. The van der Waals surface area contributed by atoms with Crippen LogP contribution in [-0.2, 0) is 4.74 Å². The molecule has 1 aliphatic rings. The third-order valence-corrected chi connectivity index (χ3v) is 5.95. The molecule has 1 saturated carbocycles. The number of carbonyl (C=O) groups is 1. The molecule has 4 N–H and O–H groups in total. The van der Waals surface area contributed by atoms with Gasteiger partial charge in [0.1, 0.15) is 5.70 Å². The molecule has 2 aromatic rings. The van der Waals surface area contributed by atoms with Crippen LogP contribution in [0.5, 0.6) is 0 Å². The van der Waals surface area contributed by atoms with Crippen LogP contribution in [0.1, 0.15) is 23.2 Å². The number of halogens is 8. The zero-order valence-corrected chi connectivity index (χ0v) is 19.9. The molecular formula is C21H20ClF7N6O2. The van der Waals surface area contributed by atoms with Gasteiger partial charge in [-0.3, -0.25) is 9.79 Å². The minimum absolute atomic E-state index is 0.0752. The van der Waals surface area contributed by atoms with E-state index < -0.39 is 47.6 Å². The summed E-state index contributed by atoms with van der Waals surface area (Å²) in [6.07, 6.45) is -2.81. The number of nitrogens with zero attached hydrogens (tertiary/aromatic N) is 4. The van der Waals surface area contributed by atoms with Crippen molar-refractivity contribution in [1.29, 1.82) is 0 Å². The SMILES string of the molecule is CN=C(C(OC(F)F)=C(N)C(F)(F)C(F)(F)F)n1cc(-c2ccc(Cl)c(C(=O)N(C)C3(N)CC3)c2)cn1. The van der Waals surface area contributed by atoms with Gasteiger partial charge in [-0.2, -0.15) is 35.8 Å². The predicted octanol–water partition coefficient (Wildman–Crippen LogP) is 4.21. The molecule has 0 spiro atoms. The number of hydrogen-bond acceptors (Lipinski definition) is 6. The van der Waals surface area contributed by atoms with Gasteiger partial charge in [-0.05, 0) is 30.5 Å². The lowest BCUT2D eigenvalue weighted by Gasteiger charge is -2.25. The minimum Gasteiger partial charge on any atom is -0.429 e. The Labute approximate surface area is 210 Å². The van der Waals surface area contributed by atoms with Gasteiger partial charge in [0.2, 0.25) is 0 Å². The first-order chi connectivity index (χ1) is 17.0. The summed E-state index contributed by atoms with van der Waals surface area (Å²) in [4.78, 5) is 17.7. The highest BCUT2D eigenvalue weighted by Crippen LogP contribution is 2.41. The Balaban J connectivity index is 2.03. The molecule has 0 bridgehead atoms. The van der Waals surface area contributed by atoms with Crippen LogP contribution in [0.4, 0.5) is 30.7 Å². The van der Waals surface area contributed by atoms with Crippen molar-refractivity contribution in [3.05, 3.63) is 52.6 Å². The van der Waals surface area contributed by atoms with Gasteiger partial charge in [0, 0.05) is 25.9 Å². The van der Waals surface area contributed by atoms with Gasteiger partial charge in [-0.15, -0.1) is 0 Å². The Morgan fingerprint density at radius 2 is 1.86 bits per heavy atom. The molecule has 202 valence electrons. The molecule has 3 rings (SSSR count). The first-order valence-corrected chi connectivity index (χ1v) is 10.7. The molecule has 1 aliphatic carbocycles. The van der Waals surface area contributed by atoms with Crippen LogP contribution in [0.25, 0.3) is 11.1 Å². The number of allylic oxidation sites excluding steroid dienone is 2. The zero-order valence-electron chi connectivity index (χ0n) is 19.2. The van der Waals surface area contributed by atoms with Crippen LogP contribution >= 0.6 is 11.6 Å². The van der Waals surface area contributed by atoms with E-state index in [0.29, 0.717) is 23.1 Å². The Morgan fingerprint density at radius 3 is 2.38 bits per heavy atom. The highest BCUT2D eigenvalue weighted by Gasteiger charge is 2.61. The van der Waals surface area contributed by atoms with Crippen molar-refractivity contribution >= 4 is 23.3 Å². The largest absolute Gasteiger partial charge is 0.459 e. The highest BCUT2D eigenvalue weighted by molar-refractivity contribution is 6.34. The molecule has 0 atom stereocenters. The highest BCUT2D eigenvalue weighted by atomic mass is 35.5. The number of alkyl halides is 7. The van der Waals surface area contributed by atoms with E-state index in [-0.39, 0.29) is 16.1 Å². The summed E-state index contributed by atoms with van der Waals surface area (Å²) in [5.41, 5.74) is 8.48. The molecule has 16 heteroatoms. The number of benzene rings is 1. The van der Waals surface area contributed by atoms with Gasteiger partial charge in [0.05, 0.1) is 22.4 Å². The molecule has 37 heavy (non-hydrogen) atoms. The second kappa shape index (κ2) is 9.85. The van der Waals surface area contributed by atoms with Crippen LogP contribution in [-0.4, -0.2) is 64.9 Å². The molecule has 1 heterocycles. The van der Waals surface area contributed by atoms with Crippen LogP contribution in [0, 0.1) is 0 Å². The molecule has 0 unspecified atom stereocenters.